The molecule has 0 aromatic carbocycles. The predicted octanol–water partition coefficient (Wildman–Crippen LogP) is 3.43. The van der Waals surface area contributed by atoms with Gasteiger partial charge in [-0.25, -0.2) is 0 Å². The first-order valence-corrected chi connectivity index (χ1v) is 8.52. The van der Waals surface area contributed by atoms with Crippen molar-refractivity contribution in [2.75, 3.05) is 19.6 Å². The molecule has 0 aromatic rings. The second-order valence-electron chi connectivity index (χ2n) is 6.69. The van der Waals surface area contributed by atoms with E-state index in [1.54, 1.807) is 0 Å². The highest BCUT2D eigenvalue weighted by atomic mass is 16.2. The molecule has 1 aliphatic rings. The van der Waals surface area contributed by atoms with Crippen molar-refractivity contribution in [1.29, 1.82) is 0 Å². The van der Waals surface area contributed by atoms with Crippen LogP contribution in [0.5, 0.6) is 0 Å². The summed E-state index contributed by atoms with van der Waals surface area (Å²) in [6, 6.07) is 0. The largest absolute Gasteiger partial charge is 0.342 e. The van der Waals surface area contributed by atoms with Gasteiger partial charge in [-0.15, -0.1) is 0 Å². The molecule has 1 saturated carbocycles. The fourth-order valence-corrected chi connectivity index (χ4v) is 3.37. The van der Waals surface area contributed by atoms with Crippen molar-refractivity contribution in [2.24, 2.45) is 23.0 Å². The third-order valence-electron chi connectivity index (χ3n) is 5.38. The second kappa shape index (κ2) is 8.02. The Morgan fingerprint density at radius 1 is 1.25 bits per heavy atom. The molecule has 0 radical (unpaired) electrons. The van der Waals surface area contributed by atoms with Crippen LogP contribution in [0.4, 0.5) is 0 Å². The summed E-state index contributed by atoms with van der Waals surface area (Å²) in [5.41, 5.74) is 5.76. The first kappa shape index (κ1) is 17.5. The molecular weight excluding hydrogens is 248 g/mol. The number of hydrogen-bond donors (Lipinski definition) is 1. The van der Waals surface area contributed by atoms with Crippen LogP contribution in [-0.2, 0) is 4.79 Å². The Kier molecular flexibility index (Phi) is 7.01. The van der Waals surface area contributed by atoms with E-state index in [1.807, 2.05) is 0 Å². The summed E-state index contributed by atoms with van der Waals surface area (Å²) < 4.78 is 0. The fourth-order valence-electron chi connectivity index (χ4n) is 3.37. The number of amides is 1. The lowest BCUT2D eigenvalue weighted by Crippen LogP contribution is -2.50. The molecule has 1 rings (SSSR count). The molecule has 118 valence electrons. The Labute approximate surface area is 125 Å². The van der Waals surface area contributed by atoms with Crippen LogP contribution >= 0.6 is 0 Å². The van der Waals surface area contributed by atoms with Crippen LogP contribution in [0.15, 0.2) is 0 Å². The molecule has 2 N–H and O–H groups in total. The van der Waals surface area contributed by atoms with E-state index in [-0.39, 0.29) is 5.41 Å². The quantitative estimate of drug-likeness (QED) is 0.777. The molecule has 0 spiro atoms. The van der Waals surface area contributed by atoms with E-state index < -0.39 is 0 Å². The van der Waals surface area contributed by atoms with Gasteiger partial charge in [0.25, 0.3) is 0 Å². The van der Waals surface area contributed by atoms with Crippen LogP contribution in [-0.4, -0.2) is 30.4 Å². The van der Waals surface area contributed by atoms with Crippen LogP contribution in [0.3, 0.4) is 0 Å². The van der Waals surface area contributed by atoms with E-state index in [0.29, 0.717) is 18.4 Å². The van der Waals surface area contributed by atoms with Crippen molar-refractivity contribution in [3.05, 3.63) is 0 Å². The Morgan fingerprint density at radius 2 is 1.80 bits per heavy atom. The van der Waals surface area contributed by atoms with Gasteiger partial charge in [-0.3, -0.25) is 4.79 Å². The molecule has 1 amide bonds. The molecule has 0 bridgehead atoms. The minimum atomic E-state index is -0.269. The molecule has 0 atom stereocenters. The third kappa shape index (κ3) is 3.97. The van der Waals surface area contributed by atoms with Crippen molar-refractivity contribution < 1.29 is 4.79 Å². The summed E-state index contributed by atoms with van der Waals surface area (Å²) in [6.45, 7) is 11.0. The van der Waals surface area contributed by atoms with Crippen molar-refractivity contribution >= 4 is 5.91 Å². The Bertz CT molecular complexity index is 291. The maximum absolute atomic E-state index is 13.0. The summed E-state index contributed by atoms with van der Waals surface area (Å²) in [7, 11) is 0. The highest BCUT2D eigenvalue weighted by molar-refractivity contribution is 5.83. The number of carbonyl (C=O) groups is 1. The van der Waals surface area contributed by atoms with Gasteiger partial charge in [-0.05, 0) is 44.4 Å². The van der Waals surface area contributed by atoms with Crippen molar-refractivity contribution in [1.82, 2.24) is 4.90 Å². The maximum Gasteiger partial charge on any atom is 0.230 e. The highest BCUT2D eigenvalue weighted by Crippen LogP contribution is 2.39. The van der Waals surface area contributed by atoms with Gasteiger partial charge < -0.3 is 10.6 Å². The lowest BCUT2D eigenvalue weighted by atomic mass is 9.70. The monoisotopic (exact) mass is 282 g/mol. The van der Waals surface area contributed by atoms with E-state index in [0.717, 1.165) is 57.5 Å². The van der Waals surface area contributed by atoms with Crippen LogP contribution in [0, 0.1) is 17.3 Å². The smallest absolute Gasteiger partial charge is 0.230 e. The van der Waals surface area contributed by atoms with Crippen LogP contribution in [0.2, 0.25) is 0 Å². The number of hydrogen-bond acceptors (Lipinski definition) is 2. The molecule has 3 heteroatoms. The molecule has 3 nitrogen and oxygen atoms in total. The predicted molar refractivity (Wildman–Crippen MR) is 85.4 cm³/mol. The lowest BCUT2D eigenvalue weighted by Gasteiger charge is -2.41. The maximum atomic E-state index is 13.0. The molecule has 0 aromatic heterocycles. The minimum Gasteiger partial charge on any atom is -0.342 e. The molecule has 0 aliphatic heterocycles. The first-order valence-electron chi connectivity index (χ1n) is 8.52. The van der Waals surface area contributed by atoms with Crippen molar-refractivity contribution in [3.8, 4) is 0 Å². The zero-order chi connectivity index (χ0) is 15.2. The van der Waals surface area contributed by atoms with E-state index in [1.165, 1.54) is 0 Å². The number of nitrogens with two attached hydrogens (primary N) is 1. The number of nitrogens with zero attached hydrogens (tertiary/aromatic N) is 1. The van der Waals surface area contributed by atoms with Gasteiger partial charge in [0.1, 0.15) is 0 Å². The average Bonchev–Trinajstić information content (AvgIpc) is 2.49. The van der Waals surface area contributed by atoms with Crippen molar-refractivity contribution in [3.63, 3.8) is 0 Å². The minimum absolute atomic E-state index is 0.269. The SMILES string of the molecule is CCC(CC)CN(CC)C(=O)C1(CN)CCC(C)CC1. The number of rotatable bonds is 7. The second-order valence-corrected chi connectivity index (χ2v) is 6.69. The Morgan fingerprint density at radius 3 is 2.20 bits per heavy atom. The molecular formula is C17H34N2O. The molecule has 20 heavy (non-hydrogen) atoms. The zero-order valence-corrected chi connectivity index (χ0v) is 14.0. The Hall–Kier alpha value is -0.570. The zero-order valence-electron chi connectivity index (χ0n) is 14.0. The van der Waals surface area contributed by atoms with Gasteiger partial charge >= 0.3 is 0 Å². The summed E-state index contributed by atoms with van der Waals surface area (Å²) >= 11 is 0. The standard InChI is InChI=1S/C17H34N2O/c1-5-15(6-2)12-19(7-3)16(20)17(13-18)10-8-14(4)9-11-17/h14-15H,5-13,18H2,1-4H3. The third-order valence-corrected chi connectivity index (χ3v) is 5.38. The molecule has 0 unspecified atom stereocenters. The summed E-state index contributed by atoms with van der Waals surface area (Å²) in [6.07, 6.45) is 6.53. The Balaban J connectivity index is 2.77. The van der Waals surface area contributed by atoms with E-state index in [9.17, 15) is 4.79 Å². The van der Waals surface area contributed by atoms with Crippen LogP contribution in [0.1, 0.15) is 66.2 Å². The van der Waals surface area contributed by atoms with Crippen LogP contribution in [0.25, 0.3) is 0 Å². The molecule has 0 heterocycles. The molecule has 1 fully saturated rings. The normalized spacial score (nSPS) is 26.8. The number of carbonyl (C=O) groups excluding carboxylic acids is 1. The van der Waals surface area contributed by atoms with Crippen LogP contribution < -0.4 is 5.73 Å². The van der Waals surface area contributed by atoms with Gasteiger partial charge in [-0.2, -0.15) is 0 Å². The summed E-state index contributed by atoms with van der Waals surface area (Å²) in [5, 5.41) is 0. The van der Waals surface area contributed by atoms with Gasteiger partial charge in [0.15, 0.2) is 0 Å². The summed E-state index contributed by atoms with van der Waals surface area (Å²) in [4.78, 5) is 15.1. The van der Waals surface area contributed by atoms with Gasteiger partial charge in [0.05, 0.1) is 5.41 Å². The fraction of sp³-hybridized carbons (Fsp3) is 0.941. The van der Waals surface area contributed by atoms with E-state index in [4.69, 9.17) is 5.73 Å². The molecule has 0 saturated heterocycles. The lowest BCUT2D eigenvalue weighted by molar-refractivity contribution is -0.144. The van der Waals surface area contributed by atoms with Gasteiger partial charge in [-0.1, -0.05) is 33.6 Å². The highest BCUT2D eigenvalue weighted by Gasteiger charge is 2.42. The van der Waals surface area contributed by atoms with Crippen molar-refractivity contribution in [2.45, 2.75) is 66.2 Å². The average molecular weight is 282 g/mol. The van der Waals surface area contributed by atoms with E-state index >= 15 is 0 Å². The van der Waals surface area contributed by atoms with E-state index in [2.05, 4.69) is 32.6 Å². The van der Waals surface area contributed by atoms with Gasteiger partial charge in [0, 0.05) is 19.6 Å². The molecule has 1 aliphatic carbocycles. The summed E-state index contributed by atoms with van der Waals surface area (Å²) in [5.74, 6) is 1.69. The topological polar surface area (TPSA) is 46.3 Å². The first-order chi connectivity index (χ1) is 9.52. The van der Waals surface area contributed by atoms with Gasteiger partial charge in [0.2, 0.25) is 5.91 Å².